The van der Waals surface area contributed by atoms with E-state index in [9.17, 15) is 4.79 Å². The van der Waals surface area contributed by atoms with Gasteiger partial charge in [0.25, 0.3) is 0 Å². The van der Waals surface area contributed by atoms with Crippen molar-refractivity contribution in [2.45, 2.75) is 32.4 Å². The lowest BCUT2D eigenvalue weighted by Gasteiger charge is -2.22. The zero-order valence-corrected chi connectivity index (χ0v) is 9.59. The van der Waals surface area contributed by atoms with E-state index < -0.39 is 0 Å². The lowest BCUT2D eigenvalue weighted by atomic mass is 10.3. The van der Waals surface area contributed by atoms with Gasteiger partial charge in [-0.2, -0.15) is 0 Å². The fourth-order valence-electron chi connectivity index (χ4n) is 2.18. The molecular formula is C11H18N4O. The van der Waals surface area contributed by atoms with Crippen LogP contribution in [0, 0.1) is 0 Å². The first kappa shape index (κ1) is 11.1. The van der Waals surface area contributed by atoms with Gasteiger partial charge in [-0.25, -0.2) is 4.98 Å². The molecule has 1 aromatic rings. The summed E-state index contributed by atoms with van der Waals surface area (Å²) >= 11 is 0. The molecule has 1 saturated heterocycles. The van der Waals surface area contributed by atoms with E-state index in [1.807, 2.05) is 22.6 Å². The number of nitrogens with two attached hydrogens (primary N) is 1. The molecule has 16 heavy (non-hydrogen) atoms. The minimum Gasteiger partial charge on any atom is -0.341 e. The third kappa shape index (κ3) is 1.95. The van der Waals surface area contributed by atoms with E-state index in [1.165, 1.54) is 0 Å². The number of nitrogens with zero attached hydrogens (tertiary/aromatic N) is 3. The van der Waals surface area contributed by atoms with Crippen molar-refractivity contribution in [1.82, 2.24) is 14.5 Å². The summed E-state index contributed by atoms with van der Waals surface area (Å²) in [7, 11) is 0. The third-order valence-corrected chi connectivity index (χ3v) is 3.12. The summed E-state index contributed by atoms with van der Waals surface area (Å²) in [6.07, 6.45) is 5.75. The standard InChI is InChI=1S/C11H18N4O/c1-9(11(16)14-5-2-3-6-14)15-7-4-13-10(15)8-12/h4,7,9H,2-3,5-6,8,12H2,1H3. The first-order chi connectivity index (χ1) is 7.74. The quantitative estimate of drug-likeness (QED) is 0.811. The summed E-state index contributed by atoms with van der Waals surface area (Å²) in [5, 5.41) is 0. The second kappa shape index (κ2) is 4.65. The lowest BCUT2D eigenvalue weighted by molar-refractivity contribution is -0.133. The average molecular weight is 222 g/mol. The summed E-state index contributed by atoms with van der Waals surface area (Å²) in [4.78, 5) is 18.2. The monoisotopic (exact) mass is 222 g/mol. The van der Waals surface area contributed by atoms with Crippen LogP contribution >= 0.6 is 0 Å². The van der Waals surface area contributed by atoms with E-state index >= 15 is 0 Å². The largest absolute Gasteiger partial charge is 0.341 e. The van der Waals surface area contributed by atoms with Crippen molar-refractivity contribution in [3.05, 3.63) is 18.2 Å². The van der Waals surface area contributed by atoms with Crippen molar-refractivity contribution in [2.24, 2.45) is 5.73 Å². The Morgan fingerprint density at radius 3 is 2.88 bits per heavy atom. The number of carbonyl (C=O) groups excluding carboxylic acids is 1. The highest BCUT2D eigenvalue weighted by Crippen LogP contribution is 2.16. The van der Waals surface area contributed by atoms with Crippen LogP contribution in [0.3, 0.4) is 0 Å². The Morgan fingerprint density at radius 1 is 1.56 bits per heavy atom. The van der Waals surface area contributed by atoms with Gasteiger partial charge in [0.1, 0.15) is 11.9 Å². The second-order valence-corrected chi connectivity index (χ2v) is 4.16. The number of hydrogen-bond donors (Lipinski definition) is 1. The highest BCUT2D eigenvalue weighted by Gasteiger charge is 2.25. The van der Waals surface area contributed by atoms with Gasteiger partial charge in [0, 0.05) is 25.5 Å². The number of hydrogen-bond acceptors (Lipinski definition) is 3. The van der Waals surface area contributed by atoms with Crippen LogP contribution in [0.1, 0.15) is 31.6 Å². The molecule has 0 bridgehead atoms. The Balaban J connectivity index is 2.11. The van der Waals surface area contributed by atoms with E-state index in [-0.39, 0.29) is 11.9 Å². The molecule has 0 aliphatic carbocycles. The van der Waals surface area contributed by atoms with Crippen LogP contribution in [0.5, 0.6) is 0 Å². The van der Waals surface area contributed by atoms with Crippen LogP contribution in [0.15, 0.2) is 12.4 Å². The third-order valence-electron chi connectivity index (χ3n) is 3.12. The first-order valence-electron chi connectivity index (χ1n) is 5.74. The smallest absolute Gasteiger partial charge is 0.245 e. The summed E-state index contributed by atoms with van der Waals surface area (Å²) in [5.41, 5.74) is 5.58. The molecule has 1 aliphatic rings. The maximum absolute atomic E-state index is 12.1. The van der Waals surface area contributed by atoms with E-state index in [0.717, 1.165) is 31.8 Å². The Kier molecular flexibility index (Phi) is 3.24. The van der Waals surface area contributed by atoms with Gasteiger partial charge in [-0.3, -0.25) is 4.79 Å². The number of imidazole rings is 1. The minimum atomic E-state index is -0.195. The first-order valence-corrected chi connectivity index (χ1v) is 5.74. The van der Waals surface area contributed by atoms with E-state index in [1.54, 1.807) is 6.20 Å². The van der Waals surface area contributed by atoms with E-state index in [0.29, 0.717) is 6.54 Å². The van der Waals surface area contributed by atoms with E-state index in [2.05, 4.69) is 4.98 Å². The van der Waals surface area contributed by atoms with Crippen LogP contribution in [0.2, 0.25) is 0 Å². The van der Waals surface area contributed by atoms with Crippen molar-refractivity contribution >= 4 is 5.91 Å². The highest BCUT2D eigenvalue weighted by atomic mass is 16.2. The maximum atomic E-state index is 12.1. The van der Waals surface area contributed by atoms with Crippen molar-refractivity contribution in [2.75, 3.05) is 13.1 Å². The van der Waals surface area contributed by atoms with Gasteiger partial charge in [0.2, 0.25) is 5.91 Å². The number of rotatable bonds is 3. The van der Waals surface area contributed by atoms with Gasteiger partial charge in [-0.1, -0.05) is 0 Å². The van der Waals surface area contributed by atoms with Crippen molar-refractivity contribution in [1.29, 1.82) is 0 Å². The van der Waals surface area contributed by atoms with Crippen molar-refractivity contribution in [3.63, 3.8) is 0 Å². The maximum Gasteiger partial charge on any atom is 0.245 e. The molecule has 1 aromatic heterocycles. The molecule has 0 saturated carbocycles. The molecule has 0 spiro atoms. The Bertz CT molecular complexity index is 368. The molecule has 2 N–H and O–H groups in total. The summed E-state index contributed by atoms with van der Waals surface area (Å²) in [6, 6.07) is -0.195. The van der Waals surface area contributed by atoms with Gasteiger partial charge < -0.3 is 15.2 Å². The number of amides is 1. The molecule has 2 heterocycles. The zero-order chi connectivity index (χ0) is 11.5. The number of aromatic nitrogens is 2. The highest BCUT2D eigenvalue weighted by molar-refractivity contribution is 5.80. The molecule has 2 rings (SSSR count). The normalized spacial score (nSPS) is 17.8. The minimum absolute atomic E-state index is 0.171. The summed E-state index contributed by atoms with van der Waals surface area (Å²) in [6.45, 7) is 4.04. The summed E-state index contributed by atoms with van der Waals surface area (Å²) in [5.74, 6) is 0.935. The molecule has 1 fully saturated rings. The molecule has 5 heteroatoms. The van der Waals surface area contributed by atoms with Gasteiger partial charge in [0.15, 0.2) is 0 Å². The number of carbonyl (C=O) groups is 1. The average Bonchev–Trinajstić information content (AvgIpc) is 2.97. The van der Waals surface area contributed by atoms with Crippen LogP contribution in [0.25, 0.3) is 0 Å². The van der Waals surface area contributed by atoms with E-state index in [4.69, 9.17) is 5.73 Å². The zero-order valence-electron chi connectivity index (χ0n) is 9.59. The van der Waals surface area contributed by atoms with Gasteiger partial charge in [-0.15, -0.1) is 0 Å². The predicted octanol–water partition coefficient (Wildman–Crippen LogP) is 0.525. The van der Waals surface area contributed by atoms with Gasteiger partial charge in [0.05, 0.1) is 6.54 Å². The fourth-order valence-corrected chi connectivity index (χ4v) is 2.18. The second-order valence-electron chi connectivity index (χ2n) is 4.16. The SMILES string of the molecule is CC(C(=O)N1CCCC1)n1ccnc1CN. The topological polar surface area (TPSA) is 64.2 Å². The molecule has 1 atom stereocenters. The lowest BCUT2D eigenvalue weighted by Crippen LogP contribution is -2.34. The summed E-state index contributed by atoms with van der Waals surface area (Å²) < 4.78 is 1.86. The Morgan fingerprint density at radius 2 is 2.25 bits per heavy atom. The molecule has 5 nitrogen and oxygen atoms in total. The Labute approximate surface area is 95.2 Å². The van der Waals surface area contributed by atoms with Crippen LogP contribution in [-0.2, 0) is 11.3 Å². The Hall–Kier alpha value is -1.36. The van der Waals surface area contributed by atoms with Crippen molar-refractivity contribution < 1.29 is 4.79 Å². The van der Waals surface area contributed by atoms with Crippen LogP contribution in [-0.4, -0.2) is 33.4 Å². The molecule has 1 amide bonds. The van der Waals surface area contributed by atoms with Gasteiger partial charge in [-0.05, 0) is 19.8 Å². The van der Waals surface area contributed by atoms with Crippen molar-refractivity contribution in [3.8, 4) is 0 Å². The number of likely N-dealkylation sites (tertiary alicyclic amines) is 1. The van der Waals surface area contributed by atoms with Crippen LogP contribution < -0.4 is 5.73 Å². The molecule has 0 aromatic carbocycles. The fraction of sp³-hybridized carbons (Fsp3) is 0.636. The van der Waals surface area contributed by atoms with Crippen LogP contribution in [0.4, 0.5) is 0 Å². The molecular weight excluding hydrogens is 204 g/mol. The molecule has 88 valence electrons. The molecule has 1 unspecified atom stereocenters. The molecule has 1 aliphatic heterocycles. The van der Waals surface area contributed by atoms with Gasteiger partial charge >= 0.3 is 0 Å². The molecule has 0 radical (unpaired) electrons. The predicted molar refractivity (Wildman–Crippen MR) is 60.6 cm³/mol.